The number of nitriles is 1. The van der Waals surface area contributed by atoms with Crippen LogP contribution < -0.4 is 15.4 Å². The summed E-state index contributed by atoms with van der Waals surface area (Å²) in [5, 5.41) is 19.7. The molecule has 0 bridgehead atoms. The summed E-state index contributed by atoms with van der Waals surface area (Å²) in [4.78, 5) is 10.8. The van der Waals surface area contributed by atoms with Gasteiger partial charge in [0.25, 0.3) is 0 Å². The zero-order valence-electron chi connectivity index (χ0n) is 20.3. The first-order valence-corrected chi connectivity index (χ1v) is 11.4. The number of hydrogen-bond acceptors (Lipinski definition) is 7. The molecule has 0 aliphatic carbocycles. The van der Waals surface area contributed by atoms with Gasteiger partial charge in [0, 0.05) is 18.4 Å². The normalized spacial score (nSPS) is 10.2. The third-order valence-corrected chi connectivity index (χ3v) is 5.36. The van der Waals surface area contributed by atoms with Crippen molar-refractivity contribution in [3.8, 4) is 17.6 Å². The fourth-order valence-electron chi connectivity index (χ4n) is 3.62. The number of fused-ring (bicyclic) bond motifs is 1. The van der Waals surface area contributed by atoms with Crippen molar-refractivity contribution in [2.75, 3.05) is 17.7 Å². The summed E-state index contributed by atoms with van der Waals surface area (Å²) < 4.78 is 17.2. The lowest BCUT2D eigenvalue weighted by atomic mass is 10.1. The molecule has 0 saturated heterocycles. The van der Waals surface area contributed by atoms with Crippen molar-refractivity contribution in [3.63, 3.8) is 0 Å². The fourth-order valence-corrected chi connectivity index (χ4v) is 3.62. The first-order valence-electron chi connectivity index (χ1n) is 11.4. The SMILES string of the molecule is COCc1ccco1.Cc1c(NC=O)cn2ncc(C#N)c(Nc3ccc(Oc4ccccc4)cc3)c12. The first-order chi connectivity index (χ1) is 18.1. The third kappa shape index (κ3) is 6.14. The Morgan fingerprint density at radius 3 is 2.49 bits per heavy atom. The van der Waals surface area contributed by atoms with Crippen molar-refractivity contribution in [2.24, 2.45) is 0 Å². The quantitative estimate of drug-likeness (QED) is 0.252. The Hall–Kier alpha value is -5.07. The van der Waals surface area contributed by atoms with Crippen molar-refractivity contribution in [1.29, 1.82) is 5.26 Å². The summed E-state index contributed by atoms with van der Waals surface area (Å²) in [7, 11) is 1.64. The molecule has 9 nitrogen and oxygen atoms in total. The number of anilines is 3. The summed E-state index contributed by atoms with van der Waals surface area (Å²) in [5.41, 5.74) is 3.99. The van der Waals surface area contributed by atoms with Gasteiger partial charge in [0.15, 0.2) is 0 Å². The summed E-state index contributed by atoms with van der Waals surface area (Å²) >= 11 is 0. The van der Waals surface area contributed by atoms with E-state index in [0.29, 0.717) is 35.7 Å². The number of amides is 1. The standard InChI is InChI=1S/C22H17N5O2.C6H8O2/c1-15-20(24-14-28)13-27-22(15)21(16(11-23)12-25-27)26-17-7-9-19(10-8-17)29-18-5-3-2-4-6-18;1-7-5-6-3-2-4-8-6/h2-10,12-14,26H,1H3,(H,24,28);2-4H,5H2,1H3. The molecule has 37 heavy (non-hydrogen) atoms. The highest BCUT2D eigenvalue weighted by Crippen LogP contribution is 2.32. The second-order valence-corrected chi connectivity index (χ2v) is 7.85. The molecule has 0 aliphatic heterocycles. The average molecular weight is 496 g/mol. The van der Waals surface area contributed by atoms with Gasteiger partial charge in [0.1, 0.15) is 29.9 Å². The Kier molecular flexibility index (Phi) is 8.16. The largest absolute Gasteiger partial charge is 0.467 e. The Labute approximate surface area is 213 Å². The maximum Gasteiger partial charge on any atom is 0.211 e. The second kappa shape index (κ2) is 12.1. The molecule has 1 amide bonds. The third-order valence-electron chi connectivity index (χ3n) is 5.36. The molecule has 5 aromatic rings. The molecule has 2 aromatic carbocycles. The van der Waals surface area contributed by atoms with Gasteiger partial charge in [-0.25, -0.2) is 4.52 Å². The molecule has 0 unspecified atom stereocenters. The van der Waals surface area contributed by atoms with Crippen molar-refractivity contribution in [3.05, 3.63) is 102 Å². The maximum atomic E-state index is 10.8. The number of nitrogens with zero attached hydrogens (tertiary/aromatic N) is 3. The van der Waals surface area contributed by atoms with E-state index < -0.39 is 0 Å². The van der Waals surface area contributed by atoms with Crippen molar-refractivity contribution in [2.45, 2.75) is 13.5 Å². The van der Waals surface area contributed by atoms with E-state index in [9.17, 15) is 10.1 Å². The number of benzene rings is 2. The summed E-state index contributed by atoms with van der Waals surface area (Å²) in [5.74, 6) is 2.33. The van der Waals surface area contributed by atoms with Crippen LogP contribution in [0, 0.1) is 18.3 Å². The smallest absolute Gasteiger partial charge is 0.211 e. The van der Waals surface area contributed by atoms with E-state index in [1.54, 1.807) is 24.1 Å². The number of furan rings is 1. The molecule has 3 aromatic heterocycles. The number of aryl methyl sites for hydroxylation is 1. The minimum Gasteiger partial charge on any atom is -0.467 e. The van der Waals surface area contributed by atoms with Gasteiger partial charge in [0.05, 0.1) is 41.1 Å². The van der Waals surface area contributed by atoms with E-state index in [0.717, 1.165) is 28.3 Å². The highest BCUT2D eigenvalue weighted by molar-refractivity contribution is 5.89. The van der Waals surface area contributed by atoms with Crippen LogP contribution in [0.5, 0.6) is 11.5 Å². The number of nitrogens with one attached hydrogen (secondary N) is 2. The number of methoxy groups -OCH3 is 1. The van der Waals surface area contributed by atoms with Gasteiger partial charge in [-0.1, -0.05) is 18.2 Å². The molecule has 0 saturated carbocycles. The van der Waals surface area contributed by atoms with Crippen LogP contribution in [0.3, 0.4) is 0 Å². The van der Waals surface area contributed by atoms with E-state index >= 15 is 0 Å². The molecule has 186 valence electrons. The van der Waals surface area contributed by atoms with Crippen LogP contribution in [0.2, 0.25) is 0 Å². The van der Waals surface area contributed by atoms with Crippen molar-refractivity contribution in [1.82, 2.24) is 9.61 Å². The molecule has 0 radical (unpaired) electrons. The van der Waals surface area contributed by atoms with Gasteiger partial charge >= 0.3 is 0 Å². The molecule has 2 N–H and O–H groups in total. The van der Waals surface area contributed by atoms with Gasteiger partial charge in [-0.15, -0.1) is 0 Å². The topological polar surface area (TPSA) is 114 Å². The molecular weight excluding hydrogens is 470 g/mol. The zero-order valence-corrected chi connectivity index (χ0v) is 20.3. The molecular formula is C28H25N5O4. The lowest BCUT2D eigenvalue weighted by Crippen LogP contribution is -2.00. The Balaban J connectivity index is 0.000000342. The predicted octanol–water partition coefficient (Wildman–Crippen LogP) is 6.04. The Bertz CT molecular complexity index is 1490. The van der Waals surface area contributed by atoms with Crippen LogP contribution in [0.15, 0.2) is 89.8 Å². The number of para-hydroxylation sites is 1. The van der Waals surface area contributed by atoms with E-state index in [-0.39, 0.29) is 0 Å². The van der Waals surface area contributed by atoms with E-state index in [1.807, 2.05) is 73.7 Å². The highest BCUT2D eigenvalue weighted by Gasteiger charge is 2.15. The molecule has 3 heterocycles. The van der Waals surface area contributed by atoms with Crippen molar-refractivity contribution >= 4 is 29.0 Å². The lowest BCUT2D eigenvalue weighted by molar-refractivity contribution is -0.105. The van der Waals surface area contributed by atoms with E-state index in [1.165, 1.54) is 6.20 Å². The number of rotatable bonds is 8. The summed E-state index contributed by atoms with van der Waals surface area (Å²) in [6.07, 6.45) is 5.45. The van der Waals surface area contributed by atoms with Crippen LogP contribution in [-0.2, 0) is 16.1 Å². The lowest BCUT2D eigenvalue weighted by Gasteiger charge is -2.12. The molecule has 9 heteroatoms. The minimum absolute atomic E-state index is 0.404. The maximum absolute atomic E-state index is 10.8. The molecule has 0 fully saturated rings. The van der Waals surface area contributed by atoms with Gasteiger partial charge in [-0.3, -0.25) is 4.79 Å². The summed E-state index contributed by atoms with van der Waals surface area (Å²) in [6.45, 7) is 2.43. The van der Waals surface area contributed by atoms with Gasteiger partial charge < -0.3 is 24.5 Å². The molecule has 0 spiro atoms. The Morgan fingerprint density at radius 2 is 1.84 bits per heavy atom. The van der Waals surface area contributed by atoms with Crippen molar-refractivity contribution < 1.29 is 18.7 Å². The number of carbonyl (C=O) groups is 1. The average Bonchev–Trinajstić information content (AvgIpc) is 3.55. The van der Waals surface area contributed by atoms with Gasteiger partial charge in [-0.2, -0.15) is 10.4 Å². The molecule has 5 rings (SSSR count). The number of carbonyl (C=O) groups excluding carboxylic acids is 1. The number of ether oxygens (including phenoxy) is 2. The van der Waals surface area contributed by atoms with Gasteiger partial charge in [0.2, 0.25) is 6.41 Å². The minimum atomic E-state index is 0.404. The Morgan fingerprint density at radius 1 is 1.08 bits per heavy atom. The van der Waals surface area contributed by atoms with Gasteiger partial charge in [-0.05, 0) is 55.5 Å². The molecule has 0 aliphatic rings. The predicted molar refractivity (Wildman–Crippen MR) is 140 cm³/mol. The second-order valence-electron chi connectivity index (χ2n) is 7.85. The fraction of sp³-hybridized carbons (Fsp3) is 0.107. The highest BCUT2D eigenvalue weighted by atomic mass is 16.5. The zero-order chi connectivity index (χ0) is 26.0. The number of hydrogen-bond donors (Lipinski definition) is 2. The summed E-state index contributed by atoms with van der Waals surface area (Å²) in [6, 6.07) is 22.9. The van der Waals surface area contributed by atoms with Crippen LogP contribution in [-0.4, -0.2) is 23.1 Å². The van der Waals surface area contributed by atoms with Crippen LogP contribution in [0.4, 0.5) is 17.1 Å². The van der Waals surface area contributed by atoms with Crippen LogP contribution >= 0.6 is 0 Å². The van der Waals surface area contributed by atoms with Crippen LogP contribution in [0.25, 0.3) is 5.52 Å². The monoisotopic (exact) mass is 495 g/mol. The van der Waals surface area contributed by atoms with E-state index in [4.69, 9.17) is 13.9 Å². The van der Waals surface area contributed by atoms with Crippen LogP contribution in [0.1, 0.15) is 16.9 Å². The first kappa shape index (κ1) is 25.0. The van der Waals surface area contributed by atoms with E-state index in [2.05, 4.69) is 21.8 Å². The molecule has 0 atom stereocenters. The number of aromatic nitrogens is 2.